The Morgan fingerprint density at radius 2 is 1.96 bits per heavy atom. The Kier molecular flexibility index (Phi) is 4.39. The highest BCUT2D eigenvalue weighted by Gasteiger charge is 2.21. The van der Waals surface area contributed by atoms with Gasteiger partial charge in [0.25, 0.3) is 5.91 Å². The third-order valence-corrected chi connectivity index (χ3v) is 4.49. The van der Waals surface area contributed by atoms with Crippen LogP contribution in [-0.2, 0) is 6.54 Å². The van der Waals surface area contributed by atoms with Crippen LogP contribution in [0.25, 0.3) is 11.0 Å². The molecule has 3 heterocycles. The number of carbonyl (C=O) groups is 1. The van der Waals surface area contributed by atoms with Crippen molar-refractivity contribution in [2.75, 3.05) is 26.2 Å². The molecule has 1 saturated heterocycles. The standard InChI is InChI=1S/C18H19N5O2/c24-18(14-5-6-16-17(12-14)21-25-20-16)23-9-3-8-22(10-11-23)13-15-4-1-2-7-19-15/h1-2,4-7,12H,3,8-11,13H2. The first-order valence-corrected chi connectivity index (χ1v) is 8.43. The predicted molar refractivity (Wildman–Crippen MR) is 91.8 cm³/mol. The normalized spacial score (nSPS) is 16.1. The van der Waals surface area contributed by atoms with Crippen LogP contribution in [0.1, 0.15) is 22.5 Å². The summed E-state index contributed by atoms with van der Waals surface area (Å²) in [5.41, 5.74) is 2.96. The van der Waals surface area contributed by atoms with Crippen LogP contribution in [0.3, 0.4) is 0 Å². The number of fused-ring (bicyclic) bond motifs is 1. The number of nitrogens with zero attached hydrogens (tertiary/aromatic N) is 5. The minimum atomic E-state index is 0.0320. The van der Waals surface area contributed by atoms with Gasteiger partial charge in [0.05, 0.1) is 5.69 Å². The zero-order valence-corrected chi connectivity index (χ0v) is 13.8. The molecule has 1 fully saturated rings. The zero-order chi connectivity index (χ0) is 17.1. The third kappa shape index (κ3) is 3.51. The Labute approximate surface area is 145 Å². The Balaban J connectivity index is 1.42. The summed E-state index contributed by atoms with van der Waals surface area (Å²) in [7, 11) is 0. The van der Waals surface area contributed by atoms with E-state index in [1.165, 1.54) is 0 Å². The van der Waals surface area contributed by atoms with Crippen LogP contribution in [-0.4, -0.2) is 57.2 Å². The van der Waals surface area contributed by atoms with Gasteiger partial charge in [-0.15, -0.1) is 0 Å². The molecular formula is C18H19N5O2. The second-order valence-electron chi connectivity index (χ2n) is 6.21. The quantitative estimate of drug-likeness (QED) is 0.727. The molecule has 0 spiro atoms. The molecule has 0 bridgehead atoms. The first-order valence-electron chi connectivity index (χ1n) is 8.43. The van der Waals surface area contributed by atoms with Crippen LogP contribution >= 0.6 is 0 Å². The number of amides is 1. The molecule has 7 nitrogen and oxygen atoms in total. The van der Waals surface area contributed by atoms with Gasteiger partial charge in [-0.1, -0.05) is 6.07 Å². The fraction of sp³-hybridized carbons (Fsp3) is 0.333. The molecule has 2 aromatic heterocycles. The maximum absolute atomic E-state index is 12.8. The molecule has 3 aromatic rings. The van der Waals surface area contributed by atoms with Crippen LogP contribution in [0.4, 0.5) is 0 Å². The molecule has 0 unspecified atom stereocenters. The summed E-state index contributed by atoms with van der Waals surface area (Å²) >= 11 is 0. The van der Waals surface area contributed by atoms with Crippen molar-refractivity contribution < 1.29 is 9.42 Å². The number of benzene rings is 1. The highest BCUT2D eigenvalue weighted by molar-refractivity contribution is 5.97. The van der Waals surface area contributed by atoms with Crippen molar-refractivity contribution in [2.45, 2.75) is 13.0 Å². The molecule has 1 aliphatic rings. The molecular weight excluding hydrogens is 318 g/mol. The summed E-state index contributed by atoms with van der Waals surface area (Å²) in [5.74, 6) is 0.0320. The lowest BCUT2D eigenvalue weighted by Crippen LogP contribution is -2.35. The van der Waals surface area contributed by atoms with Crippen molar-refractivity contribution in [3.05, 3.63) is 53.9 Å². The molecule has 1 aliphatic heterocycles. The average molecular weight is 337 g/mol. The summed E-state index contributed by atoms with van der Waals surface area (Å²) in [4.78, 5) is 21.4. The third-order valence-electron chi connectivity index (χ3n) is 4.49. The summed E-state index contributed by atoms with van der Waals surface area (Å²) in [5, 5.41) is 7.59. The van der Waals surface area contributed by atoms with Crippen molar-refractivity contribution in [1.29, 1.82) is 0 Å². The smallest absolute Gasteiger partial charge is 0.253 e. The van der Waals surface area contributed by atoms with Gasteiger partial charge >= 0.3 is 0 Å². The van der Waals surface area contributed by atoms with Crippen molar-refractivity contribution in [1.82, 2.24) is 25.1 Å². The summed E-state index contributed by atoms with van der Waals surface area (Å²) < 4.78 is 4.70. The second kappa shape index (κ2) is 6.98. The fourth-order valence-electron chi connectivity index (χ4n) is 3.15. The van der Waals surface area contributed by atoms with E-state index in [1.807, 2.05) is 29.3 Å². The Morgan fingerprint density at radius 3 is 2.84 bits per heavy atom. The molecule has 1 amide bonds. The van der Waals surface area contributed by atoms with E-state index >= 15 is 0 Å². The van der Waals surface area contributed by atoms with Crippen molar-refractivity contribution >= 4 is 16.9 Å². The number of aromatic nitrogens is 3. The van der Waals surface area contributed by atoms with Crippen molar-refractivity contribution in [2.24, 2.45) is 0 Å². The van der Waals surface area contributed by atoms with Crippen LogP contribution < -0.4 is 0 Å². The van der Waals surface area contributed by atoms with Gasteiger partial charge in [0.2, 0.25) is 0 Å². The number of carbonyl (C=O) groups excluding carboxylic acids is 1. The minimum Gasteiger partial charge on any atom is -0.337 e. The molecule has 1 aromatic carbocycles. The molecule has 4 rings (SSSR count). The van der Waals surface area contributed by atoms with Gasteiger partial charge in [-0.25, -0.2) is 4.63 Å². The highest BCUT2D eigenvalue weighted by atomic mass is 16.6. The maximum Gasteiger partial charge on any atom is 0.253 e. The lowest BCUT2D eigenvalue weighted by molar-refractivity contribution is 0.0761. The van der Waals surface area contributed by atoms with E-state index in [4.69, 9.17) is 4.63 Å². The lowest BCUT2D eigenvalue weighted by atomic mass is 10.1. The molecule has 0 saturated carbocycles. The monoisotopic (exact) mass is 337 g/mol. The molecule has 128 valence electrons. The predicted octanol–water partition coefficient (Wildman–Crippen LogP) is 1.97. The van der Waals surface area contributed by atoms with Gasteiger partial charge in [0, 0.05) is 44.5 Å². The van der Waals surface area contributed by atoms with E-state index in [9.17, 15) is 4.79 Å². The van der Waals surface area contributed by atoms with Gasteiger partial charge in [0.15, 0.2) is 0 Å². The molecule has 25 heavy (non-hydrogen) atoms. The van der Waals surface area contributed by atoms with E-state index in [0.29, 0.717) is 23.1 Å². The number of hydrogen-bond donors (Lipinski definition) is 0. The Morgan fingerprint density at radius 1 is 1.04 bits per heavy atom. The summed E-state index contributed by atoms with van der Waals surface area (Å²) in [6.45, 7) is 4.09. The molecule has 0 radical (unpaired) electrons. The van der Waals surface area contributed by atoms with E-state index in [0.717, 1.165) is 38.3 Å². The van der Waals surface area contributed by atoms with Crippen LogP contribution in [0.2, 0.25) is 0 Å². The number of rotatable bonds is 3. The summed E-state index contributed by atoms with van der Waals surface area (Å²) in [6.07, 6.45) is 2.77. The first-order chi connectivity index (χ1) is 12.3. The van der Waals surface area contributed by atoms with E-state index < -0.39 is 0 Å². The lowest BCUT2D eigenvalue weighted by Gasteiger charge is -2.22. The van der Waals surface area contributed by atoms with Gasteiger partial charge in [-0.2, -0.15) is 0 Å². The SMILES string of the molecule is O=C(c1ccc2nonc2c1)N1CCCN(Cc2ccccn2)CC1. The minimum absolute atomic E-state index is 0.0320. The Bertz CT molecular complexity index is 864. The maximum atomic E-state index is 12.8. The first kappa shape index (κ1) is 15.7. The number of hydrogen-bond acceptors (Lipinski definition) is 6. The highest BCUT2D eigenvalue weighted by Crippen LogP contribution is 2.15. The Hall–Kier alpha value is -2.80. The molecule has 0 atom stereocenters. The van der Waals surface area contributed by atoms with E-state index in [2.05, 4.69) is 20.2 Å². The van der Waals surface area contributed by atoms with Crippen molar-refractivity contribution in [3.8, 4) is 0 Å². The van der Waals surface area contributed by atoms with Gasteiger partial charge in [0.1, 0.15) is 11.0 Å². The fourth-order valence-corrected chi connectivity index (χ4v) is 3.15. The van der Waals surface area contributed by atoms with Crippen LogP contribution in [0.15, 0.2) is 47.2 Å². The van der Waals surface area contributed by atoms with Crippen LogP contribution in [0.5, 0.6) is 0 Å². The second-order valence-corrected chi connectivity index (χ2v) is 6.21. The number of pyridine rings is 1. The summed E-state index contributed by atoms with van der Waals surface area (Å²) in [6, 6.07) is 11.3. The van der Waals surface area contributed by atoms with Gasteiger partial charge in [-0.05, 0) is 47.1 Å². The topological polar surface area (TPSA) is 75.4 Å². The van der Waals surface area contributed by atoms with E-state index in [1.54, 1.807) is 18.2 Å². The molecule has 0 aliphatic carbocycles. The zero-order valence-electron chi connectivity index (χ0n) is 13.8. The molecule has 0 N–H and O–H groups in total. The van der Waals surface area contributed by atoms with Crippen molar-refractivity contribution in [3.63, 3.8) is 0 Å². The average Bonchev–Trinajstić information content (AvgIpc) is 3.00. The van der Waals surface area contributed by atoms with Gasteiger partial charge < -0.3 is 4.90 Å². The largest absolute Gasteiger partial charge is 0.337 e. The van der Waals surface area contributed by atoms with Gasteiger partial charge in [-0.3, -0.25) is 14.7 Å². The molecule has 7 heteroatoms. The van der Waals surface area contributed by atoms with Crippen LogP contribution in [0, 0.1) is 0 Å². The van der Waals surface area contributed by atoms with E-state index in [-0.39, 0.29) is 5.91 Å².